The standard InChI is InChI=1S/C21H33NO3/c1-13-5-8-17-20(3,10-9-18(23)21(17,4)12-22)16(13)7-6-15-14(2)11-25-19(15)24/h6,14,16-18,23H,1,5,7-12,22H2,2-4H3/b15-6-/t14?,16-,17?,18-,20+,21+/m1/s1. The van der Waals surface area contributed by atoms with Crippen LogP contribution >= 0.6 is 0 Å². The third-order valence-corrected chi connectivity index (χ3v) is 7.60. The molecule has 0 aromatic heterocycles. The van der Waals surface area contributed by atoms with Crippen molar-refractivity contribution in [3.63, 3.8) is 0 Å². The minimum absolute atomic E-state index is 0.0749. The molecular formula is C21H33NO3. The topological polar surface area (TPSA) is 72.5 Å². The van der Waals surface area contributed by atoms with E-state index in [1.165, 1.54) is 5.57 Å². The average molecular weight is 347 g/mol. The maximum Gasteiger partial charge on any atom is 0.334 e. The highest BCUT2D eigenvalue weighted by Gasteiger charge is 2.57. The van der Waals surface area contributed by atoms with Crippen LogP contribution in [0.1, 0.15) is 52.9 Å². The molecule has 0 amide bonds. The summed E-state index contributed by atoms with van der Waals surface area (Å²) in [5.41, 5.74) is 8.06. The zero-order chi connectivity index (χ0) is 18.4. The molecule has 1 heterocycles. The second kappa shape index (κ2) is 6.55. The van der Waals surface area contributed by atoms with Crippen LogP contribution in [0.4, 0.5) is 0 Å². The first-order chi connectivity index (χ1) is 11.7. The molecule has 3 fully saturated rings. The number of aliphatic hydroxyl groups is 1. The molecule has 25 heavy (non-hydrogen) atoms. The fraction of sp³-hybridized carbons (Fsp3) is 0.762. The average Bonchev–Trinajstić information content (AvgIpc) is 2.89. The van der Waals surface area contributed by atoms with E-state index in [0.29, 0.717) is 25.0 Å². The van der Waals surface area contributed by atoms with Crippen LogP contribution in [0.5, 0.6) is 0 Å². The van der Waals surface area contributed by atoms with Crippen molar-refractivity contribution in [1.29, 1.82) is 0 Å². The highest BCUT2D eigenvalue weighted by molar-refractivity contribution is 5.90. The number of rotatable bonds is 3. The number of carbonyl (C=O) groups is 1. The Labute approximate surface area is 151 Å². The first-order valence-corrected chi connectivity index (χ1v) is 9.67. The summed E-state index contributed by atoms with van der Waals surface area (Å²) in [4.78, 5) is 11.9. The van der Waals surface area contributed by atoms with E-state index in [1.807, 2.05) is 6.92 Å². The third-order valence-electron chi connectivity index (χ3n) is 7.60. The highest BCUT2D eigenvalue weighted by atomic mass is 16.5. The molecular weight excluding hydrogens is 314 g/mol. The number of hydrogen-bond acceptors (Lipinski definition) is 4. The molecule has 2 saturated carbocycles. The van der Waals surface area contributed by atoms with Crippen LogP contribution in [-0.2, 0) is 9.53 Å². The summed E-state index contributed by atoms with van der Waals surface area (Å²) in [7, 11) is 0. The minimum Gasteiger partial charge on any atom is -0.462 e. The molecule has 2 unspecified atom stereocenters. The quantitative estimate of drug-likeness (QED) is 0.467. The van der Waals surface area contributed by atoms with Crippen molar-refractivity contribution >= 4 is 5.97 Å². The minimum atomic E-state index is -0.328. The number of fused-ring (bicyclic) bond motifs is 1. The number of carbonyl (C=O) groups excluding carboxylic acids is 1. The molecule has 3 aliphatic rings. The van der Waals surface area contributed by atoms with Gasteiger partial charge >= 0.3 is 5.97 Å². The molecule has 2 aliphatic carbocycles. The summed E-state index contributed by atoms with van der Waals surface area (Å²) in [6, 6.07) is 0. The third kappa shape index (κ3) is 2.87. The van der Waals surface area contributed by atoms with Crippen LogP contribution in [0.25, 0.3) is 0 Å². The van der Waals surface area contributed by atoms with E-state index >= 15 is 0 Å². The van der Waals surface area contributed by atoms with Crippen molar-refractivity contribution in [2.45, 2.75) is 59.0 Å². The lowest BCUT2D eigenvalue weighted by molar-refractivity contribution is -0.135. The van der Waals surface area contributed by atoms with E-state index < -0.39 is 0 Å². The van der Waals surface area contributed by atoms with E-state index in [2.05, 4.69) is 26.5 Å². The number of aliphatic hydroxyl groups excluding tert-OH is 1. The predicted octanol–water partition coefficient (Wildman–Crippen LogP) is 3.20. The monoisotopic (exact) mass is 347 g/mol. The lowest BCUT2D eigenvalue weighted by Gasteiger charge is -2.60. The Bertz CT molecular complexity index is 598. The molecule has 3 rings (SSSR count). The van der Waals surface area contributed by atoms with Crippen LogP contribution in [0, 0.1) is 28.6 Å². The number of nitrogens with two attached hydrogens (primary N) is 1. The van der Waals surface area contributed by atoms with Crippen molar-refractivity contribution in [3.05, 3.63) is 23.8 Å². The summed E-state index contributed by atoms with van der Waals surface area (Å²) >= 11 is 0. The molecule has 0 radical (unpaired) electrons. The largest absolute Gasteiger partial charge is 0.462 e. The van der Waals surface area contributed by atoms with Gasteiger partial charge in [0, 0.05) is 23.5 Å². The van der Waals surface area contributed by atoms with E-state index in [9.17, 15) is 9.90 Å². The maximum atomic E-state index is 11.9. The SMILES string of the molecule is C=C1CCC2[C@](C)(CN)[C@H](O)CC[C@@]2(C)[C@@H]1C/C=C1\C(=O)OCC1C. The Hall–Kier alpha value is -1.13. The maximum absolute atomic E-state index is 11.9. The van der Waals surface area contributed by atoms with Gasteiger partial charge in [-0.15, -0.1) is 0 Å². The zero-order valence-corrected chi connectivity index (χ0v) is 15.9. The Kier molecular flexibility index (Phi) is 4.89. The van der Waals surface area contributed by atoms with Gasteiger partial charge in [0.25, 0.3) is 0 Å². The number of cyclic esters (lactones) is 1. The molecule has 0 spiro atoms. The number of esters is 1. The van der Waals surface area contributed by atoms with Gasteiger partial charge in [-0.1, -0.05) is 39.0 Å². The molecule has 1 aliphatic heterocycles. The van der Waals surface area contributed by atoms with Gasteiger partial charge in [-0.2, -0.15) is 0 Å². The summed E-state index contributed by atoms with van der Waals surface area (Å²) < 4.78 is 5.16. The highest BCUT2D eigenvalue weighted by Crippen LogP contribution is 2.61. The van der Waals surface area contributed by atoms with Gasteiger partial charge in [0.05, 0.1) is 12.7 Å². The van der Waals surface area contributed by atoms with Gasteiger partial charge in [-0.3, -0.25) is 0 Å². The molecule has 6 atom stereocenters. The van der Waals surface area contributed by atoms with Gasteiger partial charge < -0.3 is 15.6 Å². The van der Waals surface area contributed by atoms with Gasteiger partial charge in [0.1, 0.15) is 0 Å². The molecule has 4 heteroatoms. The molecule has 140 valence electrons. The van der Waals surface area contributed by atoms with Gasteiger partial charge in [0.2, 0.25) is 0 Å². The van der Waals surface area contributed by atoms with Gasteiger partial charge in [0.15, 0.2) is 0 Å². The Balaban J connectivity index is 1.89. The van der Waals surface area contributed by atoms with E-state index in [-0.39, 0.29) is 28.8 Å². The van der Waals surface area contributed by atoms with Crippen LogP contribution in [0.2, 0.25) is 0 Å². The lowest BCUT2D eigenvalue weighted by Crippen LogP contribution is -2.58. The van der Waals surface area contributed by atoms with E-state index in [0.717, 1.165) is 37.7 Å². The second-order valence-corrected chi connectivity index (χ2v) is 8.97. The van der Waals surface area contributed by atoms with Crippen LogP contribution in [0.15, 0.2) is 23.8 Å². The summed E-state index contributed by atoms with van der Waals surface area (Å²) in [5.74, 6) is 0.727. The summed E-state index contributed by atoms with van der Waals surface area (Å²) in [6.07, 6.45) is 6.40. The number of ether oxygens (including phenoxy) is 1. The van der Waals surface area contributed by atoms with Crippen molar-refractivity contribution in [1.82, 2.24) is 0 Å². The predicted molar refractivity (Wildman–Crippen MR) is 98.7 cm³/mol. The normalized spacial score (nSPS) is 46.2. The molecule has 0 bridgehead atoms. The summed E-state index contributed by atoms with van der Waals surface area (Å²) in [6.45, 7) is 11.9. The smallest absolute Gasteiger partial charge is 0.334 e. The van der Waals surface area contributed by atoms with Crippen molar-refractivity contribution in [2.75, 3.05) is 13.2 Å². The molecule has 3 N–H and O–H groups in total. The first-order valence-electron chi connectivity index (χ1n) is 9.67. The van der Waals surface area contributed by atoms with Gasteiger partial charge in [-0.05, 0) is 49.4 Å². The molecule has 0 aromatic rings. The van der Waals surface area contributed by atoms with E-state index in [1.54, 1.807) is 0 Å². The Morgan fingerprint density at radius 1 is 1.40 bits per heavy atom. The van der Waals surface area contributed by atoms with Crippen LogP contribution < -0.4 is 5.73 Å². The Morgan fingerprint density at radius 2 is 2.12 bits per heavy atom. The van der Waals surface area contributed by atoms with Gasteiger partial charge in [-0.25, -0.2) is 4.79 Å². The number of allylic oxidation sites excluding steroid dienone is 2. The first kappa shape index (κ1) is 18.7. The fourth-order valence-electron chi connectivity index (χ4n) is 5.80. The second-order valence-electron chi connectivity index (χ2n) is 8.97. The Morgan fingerprint density at radius 3 is 2.72 bits per heavy atom. The lowest BCUT2D eigenvalue weighted by atomic mass is 9.46. The number of hydrogen-bond donors (Lipinski definition) is 2. The van der Waals surface area contributed by atoms with Crippen LogP contribution in [-0.4, -0.2) is 30.3 Å². The van der Waals surface area contributed by atoms with Crippen molar-refractivity contribution < 1.29 is 14.6 Å². The summed E-state index contributed by atoms with van der Waals surface area (Å²) in [5, 5.41) is 10.6. The van der Waals surface area contributed by atoms with Crippen molar-refractivity contribution in [2.24, 2.45) is 34.3 Å². The molecule has 4 nitrogen and oxygen atoms in total. The fourth-order valence-corrected chi connectivity index (χ4v) is 5.80. The zero-order valence-electron chi connectivity index (χ0n) is 15.9. The molecule has 1 saturated heterocycles. The van der Waals surface area contributed by atoms with E-state index in [4.69, 9.17) is 10.5 Å². The van der Waals surface area contributed by atoms with Crippen molar-refractivity contribution in [3.8, 4) is 0 Å². The van der Waals surface area contributed by atoms with Crippen LogP contribution in [0.3, 0.4) is 0 Å². The molecule has 0 aromatic carbocycles.